The van der Waals surface area contributed by atoms with Gasteiger partial charge in [0.25, 0.3) is 0 Å². The monoisotopic (exact) mass is 319 g/mol. The van der Waals surface area contributed by atoms with Crippen molar-refractivity contribution in [3.8, 4) is 0 Å². The molecule has 2 nitrogen and oxygen atoms in total. The Kier molecular flexibility index (Phi) is 5.70. The molecule has 3 atom stereocenters. The minimum atomic E-state index is -1.04. The molecule has 5 heteroatoms. The van der Waals surface area contributed by atoms with Crippen LogP contribution in [0.5, 0.6) is 0 Å². The highest BCUT2D eigenvalue weighted by molar-refractivity contribution is 7.85. The van der Waals surface area contributed by atoms with Gasteiger partial charge in [-0.1, -0.05) is 42.5 Å². The van der Waals surface area contributed by atoms with Gasteiger partial charge in [-0.05, 0) is 38.1 Å². The molecule has 1 saturated carbocycles. The van der Waals surface area contributed by atoms with Crippen molar-refractivity contribution in [2.45, 2.75) is 48.3 Å². The Labute approximate surface area is 127 Å². The molecule has 1 aliphatic carbocycles. The number of rotatable bonds is 3. The van der Waals surface area contributed by atoms with Crippen LogP contribution < -0.4 is 5.32 Å². The highest BCUT2D eigenvalue weighted by Crippen LogP contribution is 2.29. The minimum absolute atomic E-state index is 0.157. The average Bonchev–Trinajstić information content (AvgIpc) is 2.66. The molecule has 0 heterocycles. The van der Waals surface area contributed by atoms with Gasteiger partial charge < -0.3 is 5.32 Å². The highest BCUT2D eigenvalue weighted by Gasteiger charge is 2.28. The molecule has 0 saturated heterocycles. The molecule has 1 fully saturated rings. The molecule has 2 rings (SSSR count). The fourth-order valence-electron chi connectivity index (χ4n) is 2.64. The summed E-state index contributed by atoms with van der Waals surface area (Å²) >= 11 is 11.9. The zero-order valence-corrected chi connectivity index (χ0v) is 13.3. The normalized spacial score (nSPS) is 25.8. The molecule has 0 bridgehead atoms. The number of hydrogen-bond donors (Lipinski definition) is 1. The summed E-state index contributed by atoms with van der Waals surface area (Å²) in [5.41, 5.74) is 0. The van der Waals surface area contributed by atoms with Crippen LogP contribution in [0.25, 0.3) is 0 Å². The molecule has 0 radical (unpaired) electrons. The maximum atomic E-state index is 12.8. The van der Waals surface area contributed by atoms with Gasteiger partial charge in [0.15, 0.2) is 0 Å². The van der Waals surface area contributed by atoms with Crippen LogP contribution in [0.2, 0.25) is 10.0 Å². The van der Waals surface area contributed by atoms with Gasteiger partial charge in [-0.3, -0.25) is 4.21 Å². The van der Waals surface area contributed by atoms with E-state index in [0.717, 1.165) is 24.2 Å². The first kappa shape index (κ1) is 15.3. The van der Waals surface area contributed by atoms with E-state index in [2.05, 4.69) is 5.32 Å². The second-order valence-electron chi connectivity index (χ2n) is 4.94. The number of hydrogen-bond acceptors (Lipinski definition) is 2. The van der Waals surface area contributed by atoms with Crippen molar-refractivity contribution in [2.24, 2.45) is 0 Å². The van der Waals surface area contributed by atoms with E-state index in [1.165, 1.54) is 12.8 Å². The number of halogens is 2. The molecule has 0 spiro atoms. The molecule has 0 amide bonds. The standard InChI is InChI=1S/C14H19Cl2NOS/c1-17-13-5-3-2-4-6-14(13)19(18)10-7-8-11(15)12(16)9-10/h7-9,13-14,17H,2-6H2,1H3. The molecule has 1 N–H and O–H groups in total. The zero-order valence-electron chi connectivity index (χ0n) is 11.0. The molecule has 3 unspecified atom stereocenters. The van der Waals surface area contributed by atoms with Gasteiger partial charge in [0.05, 0.1) is 26.1 Å². The Balaban J connectivity index is 2.22. The third kappa shape index (κ3) is 3.72. The lowest BCUT2D eigenvalue weighted by Crippen LogP contribution is -2.39. The summed E-state index contributed by atoms with van der Waals surface area (Å²) in [5, 5.41) is 4.46. The Hall–Kier alpha value is -0.0900. The quantitative estimate of drug-likeness (QED) is 0.852. The van der Waals surface area contributed by atoms with Crippen molar-refractivity contribution >= 4 is 34.0 Å². The zero-order chi connectivity index (χ0) is 13.8. The maximum Gasteiger partial charge on any atom is 0.0604 e. The van der Waals surface area contributed by atoms with Crippen LogP contribution in [0.3, 0.4) is 0 Å². The molecular formula is C14H19Cl2NOS. The predicted octanol–water partition coefficient (Wildman–Crippen LogP) is 4.02. The van der Waals surface area contributed by atoms with Crippen LogP contribution in [-0.4, -0.2) is 22.5 Å². The second-order valence-corrected chi connectivity index (χ2v) is 7.43. The van der Waals surface area contributed by atoms with Gasteiger partial charge in [-0.25, -0.2) is 0 Å². The van der Waals surface area contributed by atoms with E-state index in [4.69, 9.17) is 23.2 Å². The molecule has 1 aliphatic rings. The fourth-order valence-corrected chi connectivity index (χ4v) is 4.74. The summed E-state index contributed by atoms with van der Waals surface area (Å²) in [4.78, 5) is 0.779. The first-order valence-electron chi connectivity index (χ1n) is 6.66. The van der Waals surface area contributed by atoms with Crippen LogP contribution in [0.1, 0.15) is 32.1 Å². The van der Waals surface area contributed by atoms with Crippen molar-refractivity contribution in [3.05, 3.63) is 28.2 Å². The van der Waals surface area contributed by atoms with Gasteiger partial charge in [0, 0.05) is 10.9 Å². The topological polar surface area (TPSA) is 29.1 Å². The Morgan fingerprint density at radius 2 is 1.89 bits per heavy atom. The summed E-state index contributed by atoms with van der Waals surface area (Å²) < 4.78 is 12.8. The average molecular weight is 320 g/mol. The van der Waals surface area contributed by atoms with Crippen LogP contribution in [0.15, 0.2) is 23.1 Å². The molecule has 0 aromatic heterocycles. The number of nitrogens with one attached hydrogen (secondary N) is 1. The molecule has 19 heavy (non-hydrogen) atoms. The summed E-state index contributed by atoms with van der Waals surface area (Å²) in [7, 11) is 0.918. The van der Waals surface area contributed by atoms with Crippen LogP contribution >= 0.6 is 23.2 Å². The van der Waals surface area contributed by atoms with Crippen LogP contribution in [0.4, 0.5) is 0 Å². The lowest BCUT2D eigenvalue weighted by Gasteiger charge is -2.24. The van der Waals surface area contributed by atoms with Gasteiger partial charge >= 0.3 is 0 Å². The fraction of sp³-hybridized carbons (Fsp3) is 0.571. The van der Waals surface area contributed by atoms with E-state index in [9.17, 15) is 4.21 Å². The summed E-state index contributed by atoms with van der Waals surface area (Å²) in [6.07, 6.45) is 5.68. The van der Waals surface area contributed by atoms with Gasteiger partial charge in [0.2, 0.25) is 0 Å². The number of benzene rings is 1. The Morgan fingerprint density at radius 3 is 2.58 bits per heavy atom. The van der Waals surface area contributed by atoms with Crippen molar-refractivity contribution in [3.63, 3.8) is 0 Å². The van der Waals surface area contributed by atoms with Crippen LogP contribution in [0, 0.1) is 0 Å². The van der Waals surface area contributed by atoms with E-state index in [1.807, 2.05) is 13.1 Å². The van der Waals surface area contributed by atoms with E-state index in [-0.39, 0.29) is 5.25 Å². The first-order valence-corrected chi connectivity index (χ1v) is 8.63. The van der Waals surface area contributed by atoms with Gasteiger partial charge in [-0.2, -0.15) is 0 Å². The van der Waals surface area contributed by atoms with Gasteiger partial charge in [-0.15, -0.1) is 0 Å². The largest absolute Gasteiger partial charge is 0.316 e. The summed E-state index contributed by atoms with van der Waals surface area (Å²) in [6, 6.07) is 5.60. The SMILES string of the molecule is CNC1CCCCCC1S(=O)c1ccc(Cl)c(Cl)c1. The van der Waals surface area contributed by atoms with E-state index in [1.54, 1.807) is 12.1 Å². The second kappa shape index (κ2) is 7.07. The smallest absolute Gasteiger partial charge is 0.0604 e. The van der Waals surface area contributed by atoms with Crippen molar-refractivity contribution in [1.82, 2.24) is 5.32 Å². The molecule has 0 aliphatic heterocycles. The Bertz CT molecular complexity index is 467. The molecule has 106 valence electrons. The van der Waals surface area contributed by atoms with E-state index < -0.39 is 10.8 Å². The van der Waals surface area contributed by atoms with Gasteiger partial charge in [0.1, 0.15) is 0 Å². The van der Waals surface area contributed by atoms with Crippen molar-refractivity contribution < 1.29 is 4.21 Å². The highest BCUT2D eigenvalue weighted by atomic mass is 35.5. The maximum absolute atomic E-state index is 12.8. The molecular weight excluding hydrogens is 301 g/mol. The lowest BCUT2D eigenvalue weighted by atomic mass is 10.1. The predicted molar refractivity (Wildman–Crippen MR) is 82.6 cm³/mol. The van der Waals surface area contributed by atoms with Crippen molar-refractivity contribution in [2.75, 3.05) is 7.05 Å². The third-order valence-electron chi connectivity index (χ3n) is 3.72. The van der Waals surface area contributed by atoms with Crippen LogP contribution in [-0.2, 0) is 10.8 Å². The van der Waals surface area contributed by atoms with Crippen molar-refractivity contribution in [1.29, 1.82) is 0 Å². The summed E-state index contributed by atoms with van der Waals surface area (Å²) in [6.45, 7) is 0. The lowest BCUT2D eigenvalue weighted by molar-refractivity contribution is 0.500. The molecule has 1 aromatic rings. The minimum Gasteiger partial charge on any atom is -0.316 e. The van der Waals surface area contributed by atoms with E-state index >= 15 is 0 Å². The van der Waals surface area contributed by atoms with E-state index in [0.29, 0.717) is 16.1 Å². The third-order valence-corrected chi connectivity index (χ3v) is 6.29. The summed E-state index contributed by atoms with van der Waals surface area (Å²) in [5.74, 6) is 0. The Morgan fingerprint density at radius 1 is 1.16 bits per heavy atom. The molecule has 1 aromatic carbocycles. The first-order chi connectivity index (χ1) is 9.13.